The second-order valence-electron chi connectivity index (χ2n) is 7.25. The Morgan fingerprint density at radius 1 is 1.14 bits per heavy atom. The second-order valence-corrected chi connectivity index (χ2v) is 8.65. The van der Waals surface area contributed by atoms with Gasteiger partial charge in [-0.3, -0.25) is 19.3 Å². The largest absolute Gasteiger partial charge is 0.497 e. The maximum absolute atomic E-state index is 12.7. The first-order chi connectivity index (χ1) is 16.7. The summed E-state index contributed by atoms with van der Waals surface area (Å²) < 4.78 is 10.8. The third kappa shape index (κ3) is 5.39. The minimum absolute atomic E-state index is 0.0383. The number of carboxylic acids is 1. The number of methoxy groups -OCH3 is 1. The lowest BCUT2D eigenvalue weighted by Gasteiger charge is -2.12. The number of carbonyl (C=O) groups excluding carboxylic acids is 3. The van der Waals surface area contributed by atoms with E-state index in [0.29, 0.717) is 39.5 Å². The highest BCUT2D eigenvalue weighted by atomic mass is 35.5. The Hall–Kier alpha value is -4.02. The molecule has 4 rings (SSSR count). The molecule has 9 nitrogen and oxygen atoms in total. The van der Waals surface area contributed by atoms with Gasteiger partial charge in [0.2, 0.25) is 5.91 Å². The van der Waals surface area contributed by atoms with Crippen LogP contribution in [-0.2, 0) is 9.59 Å². The number of hydrogen-bond acceptors (Lipinski definition) is 7. The van der Waals surface area contributed by atoms with E-state index < -0.39 is 29.6 Å². The summed E-state index contributed by atoms with van der Waals surface area (Å²) in [6.45, 7) is -0.449. The normalized spacial score (nSPS) is 14.5. The van der Waals surface area contributed by atoms with E-state index in [1.165, 1.54) is 31.4 Å². The number of thioether (sulfide) groups is 1. The van der Waals surface area contributed by atoms with Crippen molar-refractivity contribution >= 4 is 58.1 Å². The van der Waals surface area contributed by atoms with Crippen molar-refractivity contribution in [2.45, 2.75) is 0 Å². The number of nitrogens with one attached hydrogen (secondary N) is 1. The number of nitrogens with zero attached hydrogens (tertiary/aromatic N) is 1. The van der Waals surface area contributed by atoms with Gasteiger partial charge in [-0.05, 0) is 66.4 Å². The molecule has 1 aromatic heterocycles. The zero-order valence-corrected chi connectivity index (χ0v) is 19.7. The molecule has 0 saturated carbocycles. The zero-order chi connectivity index (χ0) is 25.1. The molecule has 0 bridgehead atoms. The van der Waals surface area contributed by atoms with Crippen LogP contribution in [0.15, 0.2) is 63.9 Å². The molecule has 0 aliphatic carbocycles. The number of hydrogen-bond donors (Lipinski definition) is 2. The highest BCUT2D eigenvalue weighted by Crippen LogP contribution is 2.35. The van der Waals surface area contributed by atoms with Gasteiger partial charge in [0.25, 0.3) is 11.1 Å². The highest BCUT2D eigenvalue weighted by molar-refractivity contribution is 8.18. The van der Waals surface area contributed by atoms with Crippen LogP contribution >= 0.6 is 23.4 Å². The molecule has 35 heavy (non-hydrogen) atoms. The summed E-state index contributed by atoms with van der Waals surface area (Å²) in [6, 6.07) is 13.9. The molecule has 2 aromatic carbocycles. The Morgan fingerprint density at radius 3 is 2.57 bits per heavy atom. The lowest BCUT2D eigenvalue weighted by atomic mass is 10.1. The van der Waals surface area contributed by atoms with E-state index in [1.54, 1.807) is 36.4 Å². The van der Waals surface area contributed by atoms with Crippen molar-refractivity contribution in [1.82, 2.24) is 4.90 Å². The molecule has 1 aliphatic heterocycles. The standard InChI is InChI=1S/C24H17ClN2O7S/c1-33-15-5-3-14(4-6-15)26-21(28)12-27-22(29)20(35-24(27)32)11-16-7-9-19(34-16)17-10-13(23(30)31)2-8-18(17)25/h2-11H,12H2,1H3,(H,26,28)(H,30,31)/b20-11+. The highest BCUT2D eigenvalue weighted by Gasteiger charge is 2.36. The smallest absolute Gasteiger partial charge is 0.335 e. The van der Waals surface area contributed by atoms with E-state index >= 15 is 0 Å². The van der Waals surface area contributed by atoms with E-state index in [-0.39, 0.29) is 16.2 Å². The van der Waals surface area contributed by atoms with Gasteiger partial charge in [-0.1, -0.05) is 11.6 Å². The summed E-state index contributed by atoms with van der Waals surface area (Å²) in [7, 11) is 1.52. The zero-order valence-electron chi connectivity index (χ0n) is 18.1. The molecule has 0 unspecified atom stereocenters. The molecular weight excluding hydrogens is 496 g/mol. The summed E-state index contributed by atoms with van der Waals surface area (Å²) in [4.78, 5) is 49.6. The molecule has 2 heterocycles. The van der Waals surface area contributed by atoms with Gasteiger partial charge >= 0.3 is 5.97 Å². The van der Waals surface area contributed by atoms with Crippen molar-refractivity contribution in [2.24, 2.45) is 0 Å². The molecule has 0 atom stereocenters. The van der Waals surface area contributed by atoms with Gasteiger partial charge in [0.1, 0.15) is 23.8 Å². The van der Waals surface area contributed by atoms with Gasteiger partial charge in [-0.25, -0.2) is 4.79 Å². The predicted molar refractivity (Wildman–Crippen MR) is 130 cm³/mol. The Morgan fingerprint density at radius 2 is 1.89 bits per heavy atom. The number of ether oxygens (including phenoxy) is 1. The third-order valence-corrected chi connectivity index (χ3v) is 6.16. The molecule has 1 fully saturated rings. The second kappa shape index (κ2) is 10.1. The van der Waals surface area contributed by atoms with Crippen LogP contribution in [0.3, 0.4) is 0 Å². The topological polar surface area (TPSA) is 126 Å². The Bertz CT molecular complexity index is 1360. The number of halogens is 1. The van der Waals surface area contributed by atoms with Gasteiger partial charge in [0, 0.05) is 17.3 Å². The molecule has 3 aromatic rings. The van der Waals surface area contributed by atoms with Crippen LogP contribution in [0.2, 0.25) is 5.02 Å². The van der Waals surface area contributed by atoms with E-state index in [9.17, 15) is 24.3 Å². The molecule has 11 heteroatoms. The van der Waals surface area contributed by atoms with Crippen molar-refractivity contribution in [3.63, 3.8) is 0 Å². The molecule has 178 valence electrons. The Kier molecular flexibility index (Phi) is 6.94. The number of carboxylic acid groups (broad SMARTS) is 1. The SMILES string of the molecule is COc1ccc(NC(=O)CN2C(=O)S/C(=C/c3ccc(-c4cc(C(=O)O)ccc4Cl)o3)C2=O)cc1. The summed E-state index contributed by atoms with van der Waals surface area (Å²) in [5.41, 5.74) is 0.901. The van der Waals surface area contributed by atoms with Gasteiger partial charge in [-0.15, -0.1) is 0 Å². The molecule has 1 saturated heterocycles. The number of carbonyl (C=O) groups is 4. The van der Waals surface area contributed by atoms with E-state index in [4.69, 9.17) is 20.8 Å². The van der Waals surface area contributed by atoms with Crippen LogP contribution in [0.4, 0.5) is 10.5 Å². The van der Waals surface area contributed by atoms with E-state index in [2.05, 4.69) is 5.32 Å². The number of anilines is 1. The first-order valence-electron chi connectivity index (χ1n) is 10.1. The summed E-state index contributed by atoms with van der Waals surface area (Å²) in [5.74, 6) is -1.11. The molecule has 0 spiro atoms. The fourth-order valence-corrected chi connectivity index (χ4v) is 4.24. The summed E-state index contributed by atoms with van der Waals surface area (Å²) >= 11 is 6.86. The quantitative estimate of drug-likeness (QED) is 0.424. The number of furan rings is 1. The van der Waals surface area contributed by atoms with Gasteiger partial charge in [-0.2, -0.15) is 0 Å². The van der Waals surface area contributed by atoms with Crippen LogP contribution in [0.5, 0.6) is 5.75 Å². The monoisotopic (exact) mass is 512 g/mol. The van der Waals surface area contributed by atoms with Crippen LogP contribution < -0.4 is 10.1 Å². The third-order valence-electron chi connectivity index (χ3n) is 4.93. The average Bonchev–Trinajstić information content (AvgIpc) is 3.40. The number of imide groups is 1. The number of benzene rings is 2. The van der Waals surface area contributed by atoms with Crippen molar-refractivity contribution < 1.29 is 33.4 Å². The molecule has 0 radical (unpaired) electrons. The maximum atomic E-state index is 12.7. The van der Waals surface area contributed by atoms with Crippen molar-refractivity contribution in [2.75, 3.05) is 19.0 Å². The van der Waals surface area contributed by atoms with E-state index in [0.717, 1.165) is 4.90 Å². The summed E-state index contributed by atoms with van der Waals surface area (Å²) in [5, 5.41) is 11.5. The van der Waals surface area contributed by atoms with E-state index in [1.807, 2.05) is 0 Å². The van der Waals surface area contributed by atoms with Gasteiger partial charge < -0.3 is 19.6 Å². The lowest BCUT2D eigenvalue weighted by Crippen LogP contribution is -2.36. The molecule has 1 aliphatic rings. The van der Waals surface area contributed by atoms with Crippen molar-refractivity contribution in [3.8, 4) is 17.1 Å². The van der Waals surface area contributed by atoms with Crippen LogP contribution in [0, 0.1) is 0 Å². The lowest BCUT2D eigenvalue weighted by molar-refractivity contribution is -0.127. The molecule has 2 N–H and O–H groups in total. The molecular formula is C24H17ClN2O7S. The maximum Gasteiger partial charge on any atom is 0.335 e. The van der Waals surface area contributed by atoms with Gasteiger partial charge in [0.05, 0.1) is 22.6 Å². The fraction of sp³-hybridized carbons (Fsp3) is 0.0833. The number of aromatic carboxylic acids is 1. The van der Waals surface area contributed by atoms with Crippen molar-refractivity contribution in [3.05, 3.63) is 75.8 Å². The first kappa shape index (κ1) is 24.1. The van der Waals surface area contributed by atoms with Gasteiger partial charge in [0.15, 0.2) is 0 Å². The minimum Gasteiger partial charge on any atom is -0.497 e. The Labute approximate surface area is 208 Å². The minimum atomic E-state index is -1.11. The summed E-state index contributed by atoms with van der Waals surface area (Å²) in [6.07, 6.45) is 1.38. The number of rotatable bonds is 7. The molecule has 3 amide bonds. The average molecular weight is 513 g/mol. The van der Waals surface area contributed by atoms with Crippen LogP contribution in [0.25, 0.3) is 17.4 Å². The first-order valence-corrected chi connectivity index (χ1v) is 11.3. The number of amides is 3. The van der Waals surface area contributed by atoms with Crippen molar-refractivity contribution in [1.29, 1.82) is 0 Å². The Balaban J connectivity index is 1.46. The van der Waals surface area contributed by atoms with Crippen LogP contribution in [0.1, 0.15) is 16.1 Å². The van der Waals surface area contributed by atoms with Crippen LogP contribution in [-0.4, -0.2) is 46.7 Å². The fourth-order valence-electron chi connectivity index (χ4n) is 3.21. The predicted octanol–water partition coefficient (Wildman–Crippen LogP) is 4.98.